The molecule has 0 heterocycles. The normalized spacial score (nSPS) is 12.1. The number of hydrogen-bond acceptors (Lipinski definition) is 6. The number of nitrogens with zero attached hydrogens (tertiary/aromatic N) is 2. The van der Waals surface area contributed by atoms with Crippen molar-refractivity contribution in [2.75, 3.05) is 6.54 Å². The Balaban J connectivity index is 2.50. The van der Waals surface area contributed by atoms with E-state index in [-0.39, 0.29) is 19.4 Å². The lowest BCUT2D eigenvalue weighted by Gasteiger charge is -2.33. The van der Waals surface area contributed by atoms with Gasteiger partial charge in [0.25, 0.3) is 0 Å². The van der Waals surface area contributed by atoms with Crippen molar-refractivity contribution in [1.29, 1.82) is 5.26 Å². The number of nitrogens with two attached hydrogens (primary N) is 1. The maximum absolute atomic E-state index is 13.9. The van der Waals surface area contributed by atoms with E-state index in [4.69, 9.17) is 16.9 Å². The van der Waals surface area contributed by atoms with E-state index in [1.165, 1.54) is 0 Å². The van der Waals surface area contributed by atoms with Crippen LogP contribution in [0, 0.1) is 23.7 Å². The molecule has 4 N–H and O–H groups in total. The molecule has 10 heteroatoms. The van der Waals surface area contributed by atoms with Gasteiger partial charge in [-0.25, -0.2) is 4.79 Å². The summed E-state index contributed by atoms with van der Waals surface area (Å²) in [4.78, 5) is 52.6. The molecule has 2 unspecified atom stereocenters. The lowest BCUT2D eigenvalue weighted by molar-refractivity contribution is -0.142. The van der Waals surface area contributed by atoms with Crippen LogP contribution < -0.4 is 16.4 Å². The van der Waals surface area contributed by atoms with Gasteiger partial charge in [-0.3, -0.25) is 14.4 Å². The van der Waals surface area contributed by atoms with E-state index in [9.17, 15) is 24.4 Å². The molecule has 0 saturated heterocycles. The van der Waals surface area contributed by atoms with Crippen molar-refractivity contribution in [3.05, 3.63) is 71.3 Å². The van der Waals surface area contributed by atoms with E-state index in [1.807, 2.05) is 36.4 Å². The first-order chi connectivity index (χ1) is 18.5. The molecule has 0 radical (unpaired) electrons. The highest BCUT2D eigenvalue weighted by Gasteiger charge is 2.37. The van der Waals surface area contributed by atoms with E-state index < -0.39 is 48.0 Å². The van der Waals surface area contributed by atoms with Crippen LogP contribution in [0.2, 0.25) is 0 Å². The minimum atomic E-state index is -1.32. The fraction of sp³-hybridized carbons (Fsp3) is 0.345. The predicted molar refractivity (Wildman–Crippen MR) is 144 cm³/mol. The zero-order chi connectivity index (χ0) is 29.0. The van der Waals surface area contributed by atoms with E-state index in [1.54, 1.807) is 45.0 Å². The second kappa shape index (κ2) is 14.2. The van der Waals surface area contributed by atoms with Gasteiger partial charge in [0, 0.05) is 18.5 Å². The van der Waals surface area contributed by atoms with Crippen LogP contribution in [0.15, 0.2) is 54.6 Å². The molecule has 2 aromatic rings. The van der Waals surface area contributed by atoms with Gasteiger partial charge in [-0.05, 0) is 44.4 Å². The average Bonchev–Trinajstić information content (AvgIpc) is 2.88. The number of rotatable bonds is 11. The van der Waals surface area contributed by atoms with E-state index >= 15 is 0 Å². The summed E-state index contributed by atoms with van der Waals surface area (Å²) in [6.45, 7) is 4.60. The topological polar surface area (TPSA) is 155 Å². The highest BCUT2D eigenvalue weighted by Crippen LogP contribution is 2.26. The van der Waals surface area contributed by atoms with Gasteiger partial charge in [-0.2, -0.15) is 5.26 Å². The van der Waals surface area contributed by atoms with Crippen molar-refractivity contribution in [1.82, 2.24) is 15.5 Å². The number of carbonyl (C=O) groups excluding carboxylic acids is 4. The van der Waals surface area contributed by atoms with E-state index in [0.717, 1.165) is 10.5 Å². The smallest absolute Gasteiger partial charge is 0.408 e. The van der Waals surface area contributed by atoms with E-state index in [2.05, 4.69) is 16.6 Å². The lowest BCUT2D eigenvalue weighted by Crippen LogP contribution is -2.53. The van der Waals surface area contributed by atoms with Gasteiger partial charge in [0.1, 0.15) is 24.2 Å². The summed E-state index contributed by atoms with van der Waals surface area (Å²) in [5, 5.41) is 14.9. The monoisotopic (exact) mass is 531 g/mol. The van der Waals surface area contributed by atoms with Gasteiger partial charge >= 0.3 is 6.09 Å². The number of nitrogens with one attached hydrogen (secondary N) is 2. The number of primary amides is 1. The minimum absolute atomic E-state index is 0.157. The number of ether oxygens (including phenoxy) is 1. The van der Waals surface area contributed by atoms with Gasteiger partial charge < -0.3 is 26.0 Å². The highest BCUT2D eigenvalue weighted by molar-refractivity contribution is 5.93. The first kappa shape index (κ1) is 30.4. The van der Waals surface area contributed by atoms with E-state index in [0.29, 0.717) is 11.1 Å². The standard InChI is InChI=1S/C29H33N5O5/c1-5-21-13-9-10-14-22(21)25(26(36)32-19-20-11-7-6-8-12-20)34(18-17-30)27(37)23(15-16-24(31)35)33-28(38)39-29(2,3)4/h1,6-14,23,25H,15-16,18-19H2,2-4H3,(H2,31,35)(H,32,36)(H,33,38). The van der Waals surface area contributed by atoms with Crippen LogP contribution in [0.5, 0.6) is 0 Å². The number of benzene rings is 2. The van der Waals surface area contributed by atoms with Crippen LogP contribution in [0.25, 0.3) is 0 Å². The Morgan fingerprint density at radius 3 is 2.31 bits per heavy atom. The van der Waals surface area contributed by atoms with Crippen LogP contribution in [-0.2, 0) is 25.7 Å². The third kappa shape index (κ3) is 9.52. The van der Waals surface area contributed by atoms with Crippen molar-refractivity contribution in [2.24, 2.45) is 5.73 Å². The van der Waals surface area contributed by atoms with Crippen molar-refractivity contribution in [3.8, 4) is 18.4 Å². The summed E-state index contributed by atoms with van der Waals surface area (Å²) >= 11 is 0. The molecule has 0 saturated carbocycles. The molecular formula is C29H33N5O5. The molecule has 0 bridgehead atoms. The number of alkyl carbamates (subject to hydrolysis) is 1. The molecule has 0 spiro atoms. The number of nitriles is 1. The molecule has 10 nitrogen and oxygen atoms in total. The van der Waals surface area contributed by atoms with Gasteiger partial charge in [-0.15, -0.1) is 6.42 Å². The van der Waals surface area contributed by atoms with Gasteiger partial charge in [-0.1, -0.05) is 54.5 Å². The molecule has 2 rings (SSSR count). The SMILES string of the molecule is C#Cc1ccccc1C(C(=O)NCc1ccccc1)N(CC#N)C(=O)C(CCC(N)=O)NC(=O)OC(C)(C)C. The number of terminal acetylenes is 1. The number of carbonyl (C=O) groups is 4. The summed E-state index contributed by atoms with van der Waals surface area (Å²) < 4.78 is 5.27. The zero-order valence-electron chi connectivity index (χ0n) is 22.3. The second-order valence-electron chi connectivity index (χ2n) is 9.67. The summed E-state index contributed by atoms with van der Waals surface area (Å²) in [6, 6.07) is 15.0. The quantitative estimate of drug-likeness (QED) is 0.299. The summed E-state index contributed by atoms with van der Waals surface area (Å²) in [6.07, 6.45) is 4.37. The highest BCUT2D eigenvalue weighted by atomic mass is 16.6. The number of hydrogen-bond donors (Lipinski definition) is 3. The second-order valence-corrected chi connectivity index (χ2v) is 9.67. The van der Waals surface area contributed by atoms with Crippen LogP contribution in [0.1, 0.15) is 56.3 Å². The molecule has 0 aliphatic rings. The third-order valence-corrected chi connectivity index (χ3v) is 5.47. The molecule has 0 aliphatic heterocycles. The summed E-state index contributed by atoms with van der Waals surface area (Å²) in [7, 11) is 0. The Kier molecular flexibility index (Phi) is 11.1. The molecule has 0 aliphatic carbocycles. The molecular weight excluding hydrogens is 498 g/mol. The lowest BCUT2D eigenvalue weighted by atomic mass is 9.97. The Bertz CT molecular complexity index is 1260. The van der Waals surface area contributed by atoms with Crippen LogP contribution >= 0.6 is 0 Å². The van der Waals surface area contributed by atoms with Crippen molar-refractivity contribution >= 4 is 23.8 Å². The summed E-state index contributed by atoms with van der Waals surface area (Å²) in [5.74, 6) is 0.453. The summed E-state index contributed by atoms with van der Waals surface area (Å²) in [5.41, 5.74) is 5.92. The van der Waals surface area contributed by atoms with Crippen LogP contribution in [0.4, 0.5) is 4.79 Å². The first-order valence-electron chi connectivity index (χ1n) is 12.3. The van der Waals surface area contributed by atoms with Gasteiger partial charge in [0.15, 0.2) is 0 Å². The average molecular weight is 532 g/mol. The third-order valence-electron chi connectivity index (χ3n) is 5.47. The van der Waals surface area contributed by atoms with Crippen molar-refractivity contribution in [3.63, 3.8) is 0 Å². The minimum Gasteiger partial charge on any atom is -0.444 e. The molecule has 39 heavy (non-hydrogen) atoms. The fourth-order valence-electron chi connectivity index (χ4n) is 3.77. The predicted octanol–water partition coefficient (Wildman–Crippen LogP) is 2.54. The maximum atomic E-state index is 13.9. The van der Waals surface area contributed by atoms with Crippen LogP contribution in [0.3, 0.4) is 0 Å². The maximum Gasteiger partial charge on any atom is 0.408 e. The molecule has 2 atom stereocenters. The Labute approximate surface area is 228 Å². The Hall–Kier alpha value is -4.83. The van der Waals surface area contributed by atoms with Crippen molar-refractivity contribution in [2.45, 2.75) is 57.8 Å². The van der Waals surface area contributed by atoms with Crippen molar-refractivity contribution < 1.29 is 23.9 Å². The largest absolute Gasteiger partial charge is 0.444 e. The van der Waals surface area contributed by atoms with Crippen LogP contribution in [-0.4, -0.2) is 46.9 Å². The molecule has 2 aromatic carbocycles. The first-order valence-corrected chi connectivity index (χ1v) is 12.3. The fourth-order valence-corrected chi connectivity index (χ4v) is 3.77. The molecule has 4 amide bonds. The molecule has 0 fully saturated rings. The zero-order valence-corrected chi connectivity index (χ0v) is 22.3. The van der Waals surface area contributed by atoms with Gasteiger partial charge in [0.2, 0.25) is 17.7 Å². The Morgan fingerprint density at radius 1 is 1.08 bits per heavy atom. The Morgan fingerprint density at radius 2 is 1.72 bits per heavy atom. The molecule has 204 valence electrons. The number of amides is 4. The molecule has 0 aromatic heterocycles. The van der Waals surface area contributed by atoms with Gasteiger partial charge in [0.05, 0.1) is 6.07 Å².